The smallest absolute Gasteiger partial charge is 0.333 e. The highest BCUT2D eigenvalue weighted by molar-refractivity contribution is 5.87. The van der Waals surface area contributed by atoms with Crippen molar-refractivity contribution in [3.63, 3.8) is 0 Å². The van der Waals surface area contributed by atoms with Crippen molar-refractivity contribution >= 4 is 23.9 Å². The van der Waals surface area contributed by atoms with Gasteiger partial charge in [-0.25, -0.2) is 19.2 Å². The summed E-state index contributed by atoms with van der Waals surface area (Å²) in [5.74, 6) is -2.27. The van der Waals surface area contributed by atoms with Crippen LogP contribution in [-0.2, 0) is 33.4 Å². The fraction of sp³-hybridized carbons (Fsp3) is 0.280. The maximum absolute atomic E-state index is 10.8. The highest BCUT2D eigenvalue weighted by Crippen LogP contribution is 1.94. The molecular formula is C25H38O8. The maximum Gasteiger partial charge on any atom is 0.333 e. The summed E-state index contributed by atoms with van der Waals surface area (Å²) in [5.41, 5.74) is 0.808. The van der Waals surface area contributed by atoms with Crippen LogP contribution in [0.1, 0.15) is 27.7 Å². The van der Waals surface area contributed by atoms with E-state index in [0.717, 1.165) is 6.08 Å². The Bertz CT molecular complexity index is 626. The van der Waals surface area contributed by atoms with Crippen molar-refractivity contribution in [2.45, 2.75) is 27.7 Å². The molecule has 0 fully saturated rings. The zero-order valence-corrected chi connectivity index (χ0v) is 20.3. The van der Waals surface area contributed by atoms with Gasteiger partial charge < -0.3 is 19.3 Å². The Labute approximate surface area is 197 Å². The number of hydrogen-bond donors (Lipinski definition) is 1. The lowest BCUT2D eigenvalue weighted by Gasteiger charge is -2.05. The van der Waals surface area contributed by atoms with Crippen LogP contribution in [0.15, 0.2) is 87.6 Å². The van der Waals surface area contributed by atoms with E-state index in [9.17, 15) is 19.2 Å². The van der Waals surface area contributed by atoms with E-state index in [-0.39, 0.29) is 24.8 Å². The molecule has 0 aromatic carbocycles. The van der Waals surface area contributed by atoms with Crippen LogP contribution in [-0.4, -0.2) is 48.8 Å². The highest BCUT2D eigenvalue weighted by Gasteiger charge is 2.05. The predicted molar refractivity (Wildman–Crippen MR) is 132 cm³/mol. The number of rotatable bonds is 9. The normalized spacial score (nSPS) is 7.52. The average Bonchev–Trinajstić information content (AvgIpc) is 2.78. The van der Waals surface area contributed by atoms with E-state index < -0.39 is 17.9 Å². The third-order valence-corrected chi connectivity index (χ3v) is 2.23. The van der Waals surface area contributed by atoms with Crippen LogP contribution in [0.5, 0.6) is 0 Å². The molecule has 0 spiro atoms. The summed E-state index contributed by atoms with van der Waals surface area (Å²) in [6.45, 7) is 32.7. The van der Waals surface area contributed by atoms with Crippen molar-refractivity contribution in [3.8, 4) is 0 Å². The Hall–Kier alpha value is -3.94. The van der Waals surface area contributed by atoms with E-state index in [2.05, 4.69) is 66.8 Å². The largest absolute Gasteiger partial charge is 0.478 e. The number of ether oxygens (including phenoxy) is 3. The number of esters is 3. The van der Waals surface area contributed by atoms with Gasteiger partial charge in [-0.2, -0.15) is 0 Å². The molecule has 186 valence electrons. The minimum absolute atomic E-state index is 0.0325. The number of carbonyl (C=O) groups is 4. The first kappa shape index (κ1) is 39.5. The molecule has 0 aliphatic rings. The van der Waals surface area contributed by atoms with Gasteiger partial charge in [0.15, 0.2) is 0 Å². The second-order valence-corrected chi connectivity index (χ2v) is 5.35. The molecule has 0 saturated heterocycles. The summed E-state index contributed by atoms with van der Waals surface area (Å²) >= 11 is 0. The van der Waals surface area contributed by atoms with Gasteiger partial charge in [0.1, 0.15) is 13.2 Å². The van der Waals surface area contributed by atoms with Crippen molar-refractivity contribution < 1.29 is 38.5 Å². The molecule has 0 radical (unpaired) electrons. The molecule has 0 aromatic rings. The summed E-state index contributed by atoms with van der Waals surface area (Å²) in [5, 5.41) is 7.89. The predicted octanol–water partition coefficient (Wildman–Crippen LogP) is 4.77. The highest BCUT2D eigenvalue weighted by atomic mass is 16.6. The SMILES string of the molecule is C=C.C=C(C)C(=O)O.C=C(C)C(=O)OCCOC(=O)C(=C)C.C=CC(=O)OCC.C=CC=C. The van der Waals surface area contributed by atoms with Gasteiger partial charge in [-0.05, 0) is 27.7 Å². The van der Waals surface area contributed by atoms with Gasteiger partial charge in [0.05, 0.1) is 6.61 Å². The molecule has 0 rings (SSSR count). The summed E-state index contributed by atoms with van der Waals surface area (Å²) in [4.78, 5) is 41.4. The molecule has 0 bridgehead atoms. The molecule has 8 nitrogen and oxygen atoms in total. The molecule has 0 heterocycles. The zero-order chi connectivity index (χ0) is 27.4. The Morgan fingerprint density at radius 1 is 0.727 bits per heavy atom. The number of allylic oxidation sites excluding steroid dienone is 2. The topological polar surface area (TPSA) is 116 Å². The van der Waals surface area contributed by atoms with E-state index in [1.807, 2.05) is 0 Å². The first-order valence-electron chi connectivity index (χ1n) is 9.38. The minimum atomic E-state index is -0.935. The zero-order valence-electron chi connectivity index (χ0n) is 20.3. The second kappa shape index (κ2) is 30.3. The molecule has 0 aliphatic carbocycles. The van der Waals surface area contributed by atoms with Crippen molar-refractivity contribution in [2.75, 3.05) is 19.8 Å². The van der Waals surface area contributed by atoms with Gasteiger partial charge in [0.25, 0.3) is 0 Å². The number of carbonyl (C=O) groups excluding carboxylic acids is 3. The van der Waals surface area contributed by atoms with Crippen LogP contribution in [0.4, 0.5) is 0 Å². The first-order valence-corrected chi connectivity index (χ1v) is 9.38. The third-order valence-electron chi connectivity index (χ3n) is 2.23. The Morgan fingerprint density at radius 3 is 1.15 bits per heavy atom. The molecule has 0 atom stereocenters. The number of carboxylic acids is 1. The Balaban J connectivity index is -0.000000115. The fourth-order valence-corrected chi connectivity index (χ4v) is 0.716. The quantitative estimate of drug-likeness (QED) is 0.129. The average molecular weight is 467 g/mol. The molecule has 8 heteroatoms. The standard InChI is InChI=1S/C10H14O4.C5H8O2.C4H6O2.C4H6.C2H4/c1-7(2)9(11)13-5-6-14-10(12)8(3)4;1-3-5(6)7-4-2;1-3(2)4(5)6;1-3-4-2;1-2/h1,3,5-6H2,2,4H3;3H,1,4H2,2H3;1H2,2H3,(H,5,6);3-4H,1-2H2;1-2H2. The summed E-state index contributed by atoms with van der Waals surface area (Å²) in [6, 6.07) is 0. The lowest BCUT2D eigenvalue weighted by Crippen LogP contribution is -2.14. The summed E-state index contributed by atoms with van der Waals surface area (Å²) < 4.78 is 13.8. The van der Waals surface area contributed by atoms with Crippen molar-refractivity contribution in [1.29, 1.82) is 0 Å². The number of carboxylic acid groups (broad SMARTS) is 1. The molecular weight excluding hydrogens is 428 g/mol. The van der Waals surface area contributed by atoms with Gasteiger partial charge >= 0.3 is 23.9 Å². The third kappa shape index (κ3) is 43.0. The summed E-state index contributed by atoms with van der Waals surface area (Å²) in [6.07, 6.45) is 4.42. The molecule has 1 N–H and O–H groups in total. The van der Waals surface area contributed by atoms with E-state index >= 15 is 0 Å². The molecule has 0 aromatic heterocycles. The molecule has 0 amide bonds. The van der Waals surface area contributed by atoms with E-state index in [4.69, 9.17) is 5.11 Å². The van der Waals surface area contributed by atoms with Crippen molar-refractivity contribution in [3.05, 3.63) is 87.6 Å². The van der Waals surface area contributed by atoms with Gasteiger partial charge in [-0.1, -0.05) is 51.6 Å². The Morgan fingerprint density at radius 2 is 1.03 bits per heavy atom. The monoisotopic (exact) mass is 466 g/mol. The van der Waals surface area contributed by atoms with E-state index in [0.29, 0.717) is 17.8 Å². The second-order valence-electron chi connectivity index (χ2n) is 5.35. The first-order chi connectivity index (χ1) is 15.3. The number of aliphatic carboxylic acids is 1. The molecule has 0 aliphatic heterocycles. The fourth-order valence-electron chi connectivity index (χ4n) is 0.716. The van der Waals surface area contributed by atoms with Crippen LogP contribution in [0.2, 0.25) is 0 Å². The summed E-state index contributed by atoms with van der Waals surface area (Å²) in [7, 11) is 0. The van der Waals surface area contributed by atoms with Crippen LogP contribution in [0.25, 0.3) is 0 Å². The minimum Gasteiger partial charge on any atom is -0.478 e. The van der Waals surface area contributed by atoms with E-state index in [1.54, 1.807) is 32.9 Å². The van der Waals surface area contributed by atoms with E-state index in [1.165, 1.54) is 6.92 Å². The maximum atomic E-state index is 10.8. The van der Waals surface area contributed by atoms with Gasteiger partial charge in [0.2, 0.25) is 0 Å². The van der Waals surface area contributed by atoms with Crippen LogP contribution in [0.3, 0.4) is 0 Å². The molecule has 33 heavy (non-hydrogen) atoms. The lowest BCUT2D eigenvalue weighted by atomic mass is 10.4. The van der Waals surface area contributed by atoms with Gasteiger partial charge in [0, 0.05) is 22.8 Å². The van der Waals surface area contributed by atoms with Crippen LogP contribution >= 0.6 is 0 Å². The van der Waals surface area contributed by atoms with Crippen molar-refractivity contribution in [1.82, 2.24) is 0 Å². The number of hydrogen-bond acceptors (Lipinski definition) is 7. The van der Waals surface area contributed by atoms with Crippen LogP contribution in [0, 0.1) is 0 Å². The molecule has 0 saturated carbocycles. The molecule has 0 unspecified atom stereocenters. The van der Waals surface area contributed by atoms with Gasteiger partial charge in [-0.15, -0.1) is 13.2 Å². The Kier molecular flexibility index (Phi) is 36.2. The van der Waals surface area contributed by atoms with Crippen molar-refractivity contribution in [2.24, 2.45) is 0 Å². The lowest BCUT2D eigenvalue weighted by molar-refractivity contribution is -0.147. The van der Waals surface area contributed by atoms with Gasteiger partial charge in [-0.3, -0.25) is 0 Å². The van der Waals surface area contributed by atoms with Crippen LogP contribution < -0.4 is 0 Å².